The number of pyridine rings is 1. The van der Waals surface area contributed by atoms with Gasteiger partial charge in [-0.15, -0.1) is 0 Å². The highest BCUT2D eigenvalue weighted by Crippen LogP contribution is 2.31. The standard InChI is InChI=1S/C23H29N3O4/c1-16-13-21(30-20-8-6-19(7-9-20)25-17(2)27)14-22(24-16)18-5-4-11-26(15-18)23(28)10-12-29-3/h6-9,13-14,18H,4-5,10-12,15H2,1-3H3,(H,25,27). The minimum absolute atomic E-state index is 0.111. The molecule has 0 saturated carbocycles. The Morgan fingerprint density at radius 1 is 1.20 bits per heavy atom. The lowest BCUT2D eigenvalue weighted by Crippen LogP contribution is -2.39. The third-order valence-electron chi connectivity index (χ3n) is 5.07. The molecule has 0 aliphatic carbocycles. The van der Waals surface area contributed by atoms with Gasteiger partial charge in [-0.3, -0.25) is 14.6 Å². The number of carbonyl (C=O) groups is 2. The first-order valence-corrected chi connectivity index (χ1v) is 10.3. The molecule has 3 rings (SSSR count). The van der Waals surface area contributed by atoms with Crippen LogP contribution in [0, 0.1) is 6.92 Å². The Bertz CT molecular complexity index is 883. The van der Waals surface area contributed by atoms with Gasteiger partial charge in [-0.05, 0) is 44.0 Å². The van der Waals surface area contributed by atoms with Crippen molar-refractivity contribution >= 4 is 17.5 Å². The summed E-state index contributed by atoms with van der Waals surface area (Å²) in [4.78, 5) is 30.2. The van der Waals surface area contributed by atoms with Gasteiger partial charge in [0.25, 0.3) is 0 Å². The molecular weight excluding hydrogens is 382 g/mol. The molecule has 7 nitrogen and oxygen atoms in total. The average molecular weight is 412 g/mol. The fourth-order valence-electron chi connectivity index (χ4n) is 3.67. The van der Waals surface area contributed by atoms with E-state index in [2.05, 4.69) is 5.32 Å². The van der Waals surface area contributed by atoms with E-state index in [1.165, 1.54) is 6.92 Å². The van der Waals surface area contributed by atoms with Crippen molar-refractivity contribution in [2.75, 3.05) is 32.1 Å². The molecule has 1 aromatic carbocycles. The van der Waals surface area contributed by atoms with Crippen molar-refractivity contribution in [3.63, 3.8) is 0 Å². The lowest BCUT2D eigenvalue weighted by Gasteiger charge is -2.32. The highest BCUT2D eigenvalue weighted by atomic mass is 16.5. The lowest BCUT2D eigenvalue weighted by molar-refractivity contribution is -0.133. The predicted octanol–water partition coefficient (Wildman–Crippen LogP) is 3.88. The normalized spacial score (nSPS) is 16.2. The van der Waals surface area contributed by atoms with Gasteiger partial charge >= 0.3 is 0 Å². The lowest BCUT2D eigenvalue weighted by atomic mass is 9.93. The summed E-state index contributed by atoms with van der Waals surface area (Å²) in [5.41, 5.74) is 2.55. The van der Waals surface area contributed by atoms with Gasteiger partial charge < -0.3 is 19.7 Å². The Morgan fingerprint density at radius 2 is 1.97 bits per heavy atom. The molecule has 7 heteroatoms. The fourth-order valence-corrected chi connectivity index (χ4v) is 3.67. The molecule has 1 aromatic heterocycles. The molecule has 0 bridgehead atoms. The van der Waals surface area contributed by atoms with Crippen molar-refractivity contribution in [2.45, 2.75) is 39.0 Å². The van der Waals surface area contributed by atoms with Crippen LogP contribution in [0.4, 0.5) is 5.69 Å². The fraction of sp³-hybridized carbons (Fsp3) is 0.435. The highest BCUT2D eigenvalue weighted by Gasteiger charge is 2.26. The van der Waals surface area contributed by atoms with Crippen LogP contribution in [0.15, 0.2) is 36.4 Å². The van der Waals surface area contributed by atoms with Crippen LogP contribution in [0.1, 0.15) is 43.5 Å². The van der Waals surface area contributed by atoms with Gasteiger partial charge in [0.05, 0.1) is 13.0 Å². The number of likely N-dealkylation sites (tertiary alicyclic amines) is 1. The molecule has 1 N–H and O–H groups in total. The zero-order chi connectivity index (χ0) is 21.5. The number of benzene rings is 1. The van der Waals surface area contributed by atoms with E-state index >= 15 is 0 Å². The molecule has 1 unspecified atom stereocenters. The first-order valence-electron chi connectivity index (χ1n) is 10.3. The number of aryl methyl sites for hydroxylation is 1. The van der Waals surface area contributed by atoms with Crippen molar-refractivity contribution in [2.24, 2.45) is 0 Å². The van der Waals surface area contributed by atoms with Gasteiger partial charge in [-0.25, -0.2) is 0 Å². The Balaban J connectivity index is 1.70. The predicted molar refractivity (Wildman–Crippen MR) is 115 cm³/mol. The highest BCUT2D eigenvalue weighted by molar-refractivity contribution is 5.88. The van der Waals surface area contributed by atoms with Gasteiger partial charge in [0, 0.05) is 62.2 Å². The summed E-state index contributed by atoms with van der Waals surface area (Å²) in [6.07, 6.45) is 2.36. The van der Waals surface area contributed by atoms with Crippen molar-refractivity contribution in [1.82, 2.24) is 9.88 Å². The molecule has 0 radical (unpaired) electrons. The summed E-state index contributed by atoms with van der Waals surface area (Å²) in [5.74, 6) is 1.60. The molecule has 1 aliphatic heterocycles. The van der Waals surface area contributed by atoms with Crippen molar-refractivity contribution in [3.8, 4) is 11.5 Å². The molecule has 2 amide bonds. The maximum atomic E-state index is 12.4. The average Bonchev–Trinajstić information content (AvgIpc) is 2.73. The number of ether oxygens (including phenoxy) is 2. The summed E-state index contributed by atoms with van der Waals surface area (Å²) < 4.78 is 11.1. The SMILES string of the molecule is COCCC(=O)N1CCCC(c2cc(Oc3ccc(NC(C)=O)cc3)cc(C)n2)C1. The monoisotopic (exact) mass is 411 g/mol. The van der Waals surface area contributed by atoms with Crippen molar-refractivity contribution in [1.29, 1.82) is 0 Å². The Hall–Kier alpha value is -2.93. The second-order valence-electron chi connectivity index (χ2n) is 7.60. The third kappa shape index (κ3) is 6.03. The van der Waals surface area contributed by atoms with Crippen LogP contribution in [0.25, 0.3) is 0 Å². The number of nitrogens with one attached hydrogen (secondary N) is 1. The molecule has 30 heavy (non-hydrogen) atoms. The smallest absolute Gasteiger partial charge is 0.224 e. The number of anilines is 1. The number of hydrogen-bond acceptors (Lipinski definition) is 5. The largest absolute Gasteiger partial charge is 0.457 e. The quantitative estimate of drug-likeness (QED) is 0.748. The maximum absolute atomic E-state index is 12.4. The van der Waals surface area contributed by atoms with Gasteiger partial charge in [-0.2, -0.15) is 0 Å². The number of aromatic nitrogens is 1. The topological polar surface area (TPSA) is 80.8 Å². The summed E-state index contributed by atoms with van der Waals surface area (Å²) in [6, 6.07) is 11.1. The molecule has 1 saturated heterocycles. The first kappa shape index (κ1) is 21.8. The minimum atomic E-state index is -0.111. The van der Waals surface area contributed by atoms with E-state index < -0.39 is 0 Å². The van der Waals surface area contributed by atoms with Crippen molar-refractivity contribution in [3.05, 3.63) is 47.8 Å². The molecular formula is C23H29N3O4. The van der Waals surface area contributed by atoms with Crippen LogP contribution in [0.3, 0.4) is 0 Å². The molecule has 160 valence electrons. The number of amides is 2. The number of nitrogens with zero attached hydrogens (tertiary/aromatic N) is 2. The molecule has 2 aromatic rings. The summed E-state index contributed by atoms with van der Waals surface area (Å²) in [7, 11) is 1.61. The van der Waals surface area contributed by atoms with E-state index in [0.29, 0.717) is 31.1 Å². The van der Waals surface area contributed by atoms with Crippen LogP contribution in [0.2, 0.25) is 0 Å². The molecule has 1 atom stereocenters. The number of hydrogen-bond donors (Lipinski definition) is 1. The van der Waals surface area contributed by atoms with Crippen LogP contribution >= 0.6 is 0 Å². The van der Waals surface area contributed by atoms with Crippen molar-refractivity contribution < 1.29 is 19.1 Å². The summed E-state index contributed by atoms with van der Waals surface area (Å²) in [5, 5.41) is 2.74. The van der Waals surface area contributed by atoms with E-state index in [1.54, 1.807) is 19.2 Å². The Morgan fingerprint density at radius 3 is 2.67 bits per heavy atom. The zero-order valence-electron chi connectivity index (χ0n) is 17.8. The third-order valence-corrected chi connectivity index (χ3v) is 5.07. The van der Waals surface area contributed by atoms with Crippen LogP contribution in [0.5, 0.6) is 11.5 Å². The Kier molecular flexibility index (Phi) is 7.41. The van der Waals surface area contributed by atoms with E-state index in [4.69, 9.17) is 14.5 Å². The summed E-state index contributed by atoms with van der Waals surface area (Å²) in [6.45, 7) is 5.32. The van der Waals surface area contributed by atoms with E-state index in [1.807, 2.05) is 36.1 Å². The second kappa shape index (κ2) is 10.2. The first-order chi connectivity index (χ1) is 14.4. The van der Waals surface area contributed by atoms with E-state index in [0.717, 1.165) is 36.5 Å². The summed E-state index contributed by atoms with van der Waals surface area (Å²) >= 11 is 0. The molecule has 2 heterocycles. The van der Waals surface area contributed by atoms with E-state index in [-0.39, 0.29) is 17.7 Å². The Labute approximate surface area is 177 Å². The molecule has 1 fully saturated rings. The second-order valence-corrected chi connectivity index (χ2v) is 7.60. The maximum Gasteiger partial charge on any atom is 0.224 e. The number of rotatable bonds is 7. The van der Waals surface area contributed by atoms with Crippen LogP contribution < -0.4 is 10.1 Å². The van der Waals surface area contributed by atoms with Gasteiger partial charge in [0.1, 0.15) is 11.5 Å². The van der Waals surface area contributed by atoms with E-state index in [9.17, 15) is 9.59 Å². The molecule has 1 aliphatic rings. The van der Waals surface area contributed by atoms with Gasteiger partial charge in [0.2, 0.25) is 11.8 Å². The zero-order valence-corrected chi connectivity index (χ0v) is 17.8. The number of piperidine rings is 1. The molecule has 0 spiro atoms. The van der Waals surface area contributed by atoms with Crippen LogP contribution in [-0.2, 0) is 14.3 Å². The van der Waals surface area contributed by atoms with Crippen LogP contribution in [-0.4, -0.2) is 48.5 Å². The van der Waals surface area contributed by atoms with Gasteiger partial charge in [0.15, 0.2) is 0 Å². The minimum Gasteiger partial charge on any atom is -0.457 e. The number of carbonyl (C=O) groups excluding carboxylic acids is 2. The van der Waals surface area contributed by atoms with Gasteiger partial charge in [-0.1, -0.05) is 0 Å². The number of methoxy groups -OCH3 is 1.